The number of carbonyl (C=O) groups excluding carboxylic acids is 1. The molecule has 0 aliphatic rings. The minimum absolute atomic E-state index is 0.235. The van der Waals surface area contributed by atoms with Gasteiger partial charge >= 0.3 is 0 Å². The van der Waals surface area contributed by atoms with Crippen molar-refractivity contribution in [1.82, 2.24) is 4.98 Å². The predicted octanol–water partition coefficient (Wildman–Crippen LogP) is 3.63. The van der Waals surface area contributed by atoms with Gasteiger partial charge in [0.15, 0.2) is 0 Å². The molecule has 136 valence electrons. The number of benzene rings is 2. The quantitative estimate of drug-likeness (QED) is 0.397. The Morgan fingerprint density at radius 1 is 1.11 bits per heavy atom. The summed E-state index contributed by atoms with van der Waals surface area (Å²) >= 11 is 0. The van der Waals surface area contributed by atoms with Crippen LogP contribution < -0.4 is 16.4 Å². The van der Waals surface area contributed by atoms with E-state index in [1.165, 1.54) is 6.08 Å². The molecule has 0 radical (unpaired) electrons. The van der Waals surface area contributed by atoms with Crippen molar-refractivity contribution in [2.75, 3.05) is 16.4 Å². The zero-order valence-corrected chi connectivity index (χ0v) is 14.6. The lowest BCUT2D eigenvalue weighted by Gasteiger charge is -2.06. The predicted molar refractivity (Wildman–Crippen MR) is 108 cm³/mol. The van der Waals surface area contributed by atoms with Crippen molar-refractivity contribution in [2.24, 2.45) is 0 Å². The highest BCUT2D eigenvalue weighted by molar-refractivity contribution is 6.03. The molecule has 0 atom stereocenters. The second-order valence-corrected chi connectivity index (χ2v) is 5.91. The third-order valence-electron chi connectivity index (χ3n) is 3.82. The molecule has 1 amide bonds. The molecule has 6 heteroatoms. The van der Waals surface area contributed by atoms with Crippen LogP contribution in [0.5, 0.6) is 5.75 Å². The van der Waals surface area contributed by atoms with E-state index in [-0.39, 0.29) is 11.7 Å². The summed E-state index contributed by atoms with van der Waals surface area (Å²) in [6.45, 7) is 0.553. The van der Waals surface area contributed by atoms with Gasteiger partial charge in [0.2, 0.25) is 5.91 Å². The lowest BCUT2D eigenvalue weighted by atomic mass is 10.2. The van der Waals surface area contributed by atoms with Gasteiger partial charge in [0, 0.05) is 18.8 Å². The van der Waals surface area contributed by atoms with Crippen molar-refractivity contribution >= 4 is 29.2 Å². The fourth-order valence-electron chi connectivity index (χ4n) is 2.42. The van der Waals surface area contributed by atoms with Gasteiger partial charge in [-0.25, -0.2) is 4.98 Å². The summed E-state index contributed by atoms with van der Waals surface area (Å²) in [7, 11) is 0. The van der Waals surface area contributed by atoms with Gasteiger partial charge in [-0.05, 0) is 53.6 Å². The maximum Gasteiger partial charge on any atom is 0.248 e. The number of anilines is 3. The van der Waals surface area contributed by atoms with Crippen molar-refractivity contribution in [1.29, 1.82) is 0 Å². The standard InChI is InChI=1S/C21H20N4O2/c22-18-6-1-2-7-19(18)25-21(27)11-9-15-8-10-20(23-13-15)24-14-16-4-3-5-17(26)12-16/h1-13,26H,14,22H2,(H,23,24)(H,25,27)/b11-9+. The molecule has 0 fully saturated rings. The molecule has 0 bridgehead atoms. The van der Waals surface area contributed by atoms with Gasteiger partial charge in [0.25, 0.3) is 0 Å². The summed E-state index contributed by atoms with van der Waals surface area (Å²) in [6.07, 6.45) is 4.79. The van der Waals surface area contributed by atoms with Gasteiger partial charge in [-0.1, -0.05) is 24.3 Å². The Morgan fingerprint density at radius 3 is 2.70 bits per heavy atom. The molecular weight excluding hydrogens is 340 g/mol. The molecule has 5 N–H and O–H groups in total. The summed E-state index contributed by atoms with van der Waals surface area (Å²) in [5, 5.41) is 15.4. The first kappa shape index (κ1) is 18.0. The molecule has 1 aromatic heterocycles. The van der Waals surface area contributed by atoms with Gasteiger partial charge in [-0.3, -0.25) is 4.79 Å². The van der Waals surface area contributed by atoms with Crippen LogP contribution in [0.15, 0.2) is 72.9 Å². The lowest BCUT2D eigenvalue weighted by molar-refractivity contribution is -0.111. The molecule has 0 aliphatic heterocycles. The van der Waals surface area contributed by atoms with Crippen LogP contribution in [-0.2, 0) is 11.3 Å². The molecular formula is C21H20N4O2. The van der Waals surface area contributed by atoms with Crippen LogP contribution in [0.3, 0.4) is 0 Å². The number of hydrogen-bond acceptors (Lipinski definition) is 5. The molecule has 27 heavy (non-hydrogen) atoms. The van der Waals surface area contributed by atoms with Gasteiger partial charge in [0.05, 0.1) is 11.4 Å². The summed E-state index contributed by atoms with van der Waals surface area (Å²) in [5.74, 6) is 0.675. The van der Waals surface area contributed by atoms with E-state index in [2.05, 4.69) is 15.6 Å². The first-order valence-corrected chi connectivity index (χ1v) is 8.41. The van der Waals surface area contributed by atoms with E-state index < -0.39 is 0 Å². The molecule has 2 aromatic carbocycles. The van der Waals surface area contributed by atoms with Crippen molar-refractivity contribution < 1.29 is 9.90 Å². The lowest BCUT2D eigenvalue weighted by Crippen LogP contribution is -2.09. The van der Waals surface area contributed by atoms with Crippen LogP contribution in [0, 0.1) is 0 Å². The van der Waals surface area contributed by atoms with Crippen molar-refractivity contribution in [3.63, 3.8) is 0 Å². The van der Waals surface area contributed by atoms with Crippen LogP contribution in [-0.4, -0.2) is 16.0 Å². The summed E-state index contributed by atoms with van der Waals surface area (Å²) in [4.78, 5) is 16.3. The third kappa shape index (κ3) is 5.34. The number of para-hydroxylation sites is 2. The number of hydrogen-bond donors (Lipinski definition) is 4. The number of nitrogens with two attached hydrogens (primary N) is 1. The monoisotopic (exact) mass is 360 g/mol. The van der Waals surface area contributed by atoms with Gasteiger partial charge < -0.3 is 21.5 Å². The molecule has 0 spiro atoms. The number of rotatable bonds is 6. The van der Waals surface area contributed by atoms with Crippen molar-refractivity contribution in [3.05, 3.63) is 84.1 Å². The molecule has 1 heterocycles. The highest BCUT2D eigenvalue weighted by atomic mass is 16.3. The fraction of sp³-hybridized carbons (Fsp3) is 0.0476. The number of nitrogen functional groups attached to an aromatic ring is 1. The Labute approximate surface area is 157 Å². The number of nitrogens with one attached hydrogen (secondary N) is 2. The molecule has 3 rings (SSSR count). The minimum Gasteiger partial charge on any atom is -0.508 e. The normalized spacial score (nSPS) is 10.7. The van der Waals surface area contributed by atoms with Crippen LogP contribution in [0.1, 0.15) is 11.1 Å². The summed E-state index contributed by atoms with van der Waals surface area (Å²) < 4.78 is 0. The fourth-order valence-corrected chi connectivity index (χ4v) is 2.42. The van der Waals surface area contributed by atoms with Gasteiger partial charge in [0.1, 0.15) is 11.6 Å². The Bertz CT molecular complexity index is 952. The molecule has 6 nitrogen and oxygen atoms in total. The average molecular weight is 360 g/mol. The number of phenols is 1. The van der Waals surface area contributed by atoms with Crippen LogP contribution in [0.25, 0.3) is 6.08 Å². The Balaban J connectivity index is 1.54. The average Bonchev–Trinajstić information content (AvgIpc) is 2.67. The van der Waals surface area contributed by atoms with E-state index in [1.807, 2.05) is 30.3 Å². The van der Waals surface area contributed by atoms with Crippen LogP contribution in [0.2, 0.25) is 0 Å². The number of nitrogens with zero attached hydrogens (tertiary/aromatic N) is 1. The Hall–Kier alpha value is -3.80. The zero-order valence-electron chi connectivity index (χ0n) is 14.6. The molecule has 0 saturated heterocycles. The SMILES string of the molecule is Nc1ccccc1NC(=O)/C=C/c1ccc(NCc2cccc(O)c2)nc1. The first-order valence-electron chi connectivity index (χ1n) is 8.41. The highest BCUT2D eigenvalue weighted by Gasteiger charge is 2.01. The second-order valence-electron chi connectivity index (χ2n) is 5.91. The largest absolute Gasteiger partial charge is 0.508 e. The number of aromatic nitrogens is 1. The number of aromatic hydroxyl groups is 1. The number of phenolic OH excluding ortho intramolecular Hbond substituents is 1. The van der Waals surface area contributed by atoms with Gasteiger partial charge in [-0.15, -0.1) is 0 Å². The Morgan fingerprint density at radius 2 is 1.96 bits per heavy atom. The number of amides is 1. The van der Waals surface area contributed by atoms with E-state index >= 15 is 0 Å². The second kappa shape index (κ2) is 8.53. The van der Waals surface area contributed by atoms with E-state index in [9.17, 15) is 9.90 Å². The van der Waals surface area contributed by atoms with Crippen LogP contribution >= 0.6 is 0 Å². The number of carbonyl (C=O) groups is 1. The Kier molecular flexibility index (Phi) is 5.69. The summed E-state index contributed by atoms with van der Waals surface area (Å²) in [5.41, 5.74) is 8.66. The maximum atomic E-state index is 12.0. The van der Waals surface area contributed by atoms with E-state index in [0.29, 0.717) is 23.7 Å². The van der Waals surface area contributed by atoms with E-state index in [4.69, 9.17) is 5.73 Å². The topological polar surface area (TPSA) is 100 Å². The summed E-state index contributed by atoms with van der Waals surface area (Å²) in [6, 6.07) is 17.8. The maximum absolute atomic E-state index is 12.0. The molecule has 0 aliphatic carbocycles. The highest BCUT2D eigenvalue weighted by Crippen LogP contribution is 2.17. The molecule has 3 aromatic rings. The smallest absolute Gasteiger partial charge is 0.248 e. The zero-order chi connectivity index (χ0) is 19.1. The van der Waals surface area contributed by atoms with E-state index in [0.717, 1.165) is 11.1 Å². The van der Waals surface area contributed by atoms with Gasteiger partial charge in [-0.2, -0.15) is 0 Å². The van der Waals surface area contributed by atoms with Crippen molar-refractivity contribution in [3.8, 4) is 5.75 Å². The number of pyridine rings is 1. The molecule has 0 saturated carbocycles. The molecule has 0 unspecified atom stereocenters. The first-order chi connectivity index (χ1) is 13.1. The van der Waals surface area contributed by atoms with Crippen LogP contribution in [0.4, 0.5) is 17.2 Å². The minimum atomic E-state index is -0.265. The third-order valence-corrected chi connectivity index (χ3v) is 3.82. The van der Waals surface area contributed by atoms with Crippen molar-refractivity contribution in [2.45, 2.75) is 6.54 Å². The van der Waals surface area contributed by atoms with E-state index in [1.54, 1.807) is 42.6 Å².